The van der Waals surface area contributed by atoms with Crippen molar-refractivity contribution in [2.24, 2.45) is 5.73 Å². The van der Waals surface area contributed by atoms with E-state index in [1.165, 1.54) is 19.2 Å². The molecule has 74 valence electrons. The van der Waals surface area contributed by atoms with E-state index in [-0.39, 0.29) is 5.69 Å². The zero-order valence-corrected chi connectivity index (χ0v) is 7.73. The number of nitrogens with zero attached hydrogens (tertiary/aromatic N) is 1. The lowest BCUT2D eigenvalue weighted by Crippen LogP contribution is -2.41. The molecular formula is C9H11N3O2. The van der Waals surface area contributed by atoms with Gasteiger partial charge in [-0.05, 0) is 19.1 Å². The van der Waals surface area contributed by atoms with Gasteiger partial charge in [0.2, 0.25) is 5.91 Å². The lowest BCUT2D eigenvalue weighted by Gasteiger charge is -2.05. The van der Waals surface area contributed by atoms with Crippen LogP contribution >= 0.6 is 0 Å². The maximum absolute atomic E-state index is 11.3. The van der Waals surface area contributed by atoms with Crippen molar-refractivity contribution in [3.63, 3.8) is 0 Å². The molecule has 0 bridgehead atoms. The largest absolute Gasteiger partial charge is 0.320 e. The molecule has 0 fully saturated rings. The molecule has 1 heterocycles. The number of hydrogen-bond acceptors (Lipinski definition) is 4. The number of carbonyl (C=O) groups excluding carboxylic acids is 2. The first-order valence-electron chi connectivity index (χ1n) is 4.13. The Kier molecular flexibility index (Phi) is 3.30. The Bertz CT molecular complexity index is 335. The van der Waals surface area contributed by atoms with Crippen molar-refractivity contribution >= 4 is 11.8 Å². The molecule has 5 heteroatoms. The van der Waals surface area contributed by atoms with Gasteiger partial charge in [0.15, 0.2) is 0 Å². The minimum absolute atomic E-state index is 0.196. The first-order chi connectivity index (χ1) is 6.61. The Balaban J connectivity index is 2.65. The van der Waals surface area contributed by atoms with E-state index >= 15 is 0 Å². The average Bonchev–Trinajstić information content (AvgIpc) is 2.19. The van der Waals surface area contributed by atoms with Crippen LogP contribution in [0.15, 0.2) is 24.4 Å². The Morgan fingerprint density at radius 3 is 2.71 bits per heavy atom. The predicted molar refractivity (Wildman–Crippen MR) is 50.4 cm³/mol. The second-order valence-corrected chi connectivity index (χ2v) is 2.82. The van der Waals surface area contributed by atoms with Crippen molar-refractivity contribution in [2.45, 2.75) is 13.0 Å². The summed E-state index contributed by atoms with van der Waals surface area (Å²) in [5.41, 5.74) is 5.47. The van der Waals surface area contributed by atoms with E-state index in [9.17, 15) is 9.59 Å². The molecule has 0 spiro atoms. The first-order valence-corrected chi connectivity index (χ1v) is 4.13. The maximum atomic E-state index is 11.3. The van der Waals surface area contributed by atoms with Gasteiger partial charge in [-0.3, -0.25) is 19.9 Å². The van der Waals surface area contributed by atoms with Crippen LogP contribution in [0.25, 0.3) is 0 Å². The molecule has 1 atom stereocenters. The van der Waals surface area contributed by atoms with Gasteiger partial charge in [0, 0.05) is 6.20 Å². The number of aromatic nitrogens is 1. The van der Waals surface area contributed by atoms with E-state index in [1.54, 1.807) is 12.1 Å². The summed E-state index contributed by atoms with van der Waals surface area (Å²) in [6, 6.07) is 4.16. The summed E-state index contributed by atoms with van der Waals surface area (Å²) in [6.45, 7) is 1.50. The van der Waals surface area contributed by atoms with Crippen molar-refractivity contribution in [3.05, 3.63) is 30.1 Å². The van der Waals surface area contributed by atoms with Crippen molar-refractivity contribution in [3.8, 4) is 0 Å². The van der Waals surface area contributed by atoms with E-state index in [2.05, 4.69) is 10.3 Å². The minimum Gasteiger partial charge on any atom is -0.320 e. The second-order valence-electron chi connectivity index (χ2n) is 2.82. The number of carbonyl (C=O) groups is 2. The van der Waals surface area contributed by atoms with Crippen molar-refractivity contribution in [1.29, 1.82) is 0 Å². The molecule has 0 radical (unpaired) electrons. The molecule has 14 heavy (non-hydrogen) atoms. The minimum atomic E-state index is -0.706. The summed E-state index contributed by atoms with van der Waals surface area (Å²) >= 11 is 0. The van der Waals surface area contributed by atoms with E-state index in [1.807, 2.05) is 0 Å². The lowest BCUT2D eigenvalue weighted by atomic mass is 10.3. The fraction of sp³-hybridized carbons (Fsp3) is 0.222. The van der Waals surface area contributed by atoms with Gasteiger partial charge in [0.25, 0.3) is 5.91 Å². The highest BCUT2D eigenvalue weighted by molar-refractivity contribution is 6.04. The Morgan fingerprint density at radius 2 is 2.21 bits per heavy atom. The van der Waals surface area contributed by atoms with Gasteiger partial charge in [-0.1, -0.05) is 6.07 Å². The van der Waals surface area contributed by atoms with E-state index in [4.69, 9.17) is 5.73 Å². The third-order valence-corrected chi connectivity index (χ3v) is 1.55. The van der Waals surface area contributed by atoms with Crippen LogP contribution in [-0.2, 0) is 4.79 Å². The number of nitrogens with one attached hydrogen (secondary N) is 1. The third kappa shape index (κ3) is 2.63. The summed E-state index contributed by atoms with van der Waals surface area (Å²) in [4.78, 5) is 26.1. The van der Waals surface area contributed by atoms with Crippen LogP contribution in [0, 0.1) is 0 Å². The number of rotatable bonds is 2. The van der Waals surface area contributed by atoms with Gasteiger partial charge < -0.3 is 5.73 Å². The topological polar surface area (TPSA) is 85.1 Å². The summed E-state index contributed by atoms with van der Waals surface area (Å²) in [7, 11) is 0. The van der Waals surface area contributed by atoms with Gasteiger partial charge in [0.05, 0.1) is 6.04 Å². The van der Waals surface area contributed by atoms with Crippen LogP contribution in [-0.4, -0.2) is 22.8 Å². The maximum Gasteiger partial charge on any atom is 0.276 e. The molecule has 1 aromatic rings. The molecule has 0 aromatic carbocycles. The molecule has 0 aliphatic rings. The molecule has 0 unspecified atom stereocenters. The molecular weight excluding hydrogens is 182 g/mol. The molecule has 0 aliphatic heterocycles. The van der Waals surface area contributed by atoms with Crippen LogP contribution in [0.2, 0.25) is 0 Å². The van der Waals surface area contributed by atoms with Crippen LogP contribution in [0.5, 0.6) is 0 Å². The standard InChI is InChI=1S/C9H11N3O2/c1-6(10)8(13)12-9(14)7-4-2-3-5-11-7/h2-6H,10H2,1H3,(H,12,13,14)/t6-/m0/s1. The van der Waals surface area contributed by atoms with Gasteiger partial charge in [-0.25, -0.2) is 0 Å². The molecule has 2 amide bonds. The normalized spacial score (nSPS) is 11.9. The second kappa shape index (κ2) is 4.48. The van der Waals surface area contributed by atoms with Crippen LogP contribution in [0.4, 0.5) is 0 Å². The van der Waals surface area contributed by atoms with E-state index in [0.29, 0.717) is 0 Å². The quantitative estimate of drug-likeness (QED) is 0.674. The predicted octanol–water partition coefficient (Wildman–Crippen LogP) is -0.315. The summed E-state index contributed by atoms with van der Waals surface area (Å²) in [5, 5.41) is 2.13. The Morgan fingerprint density at radius 1 is 1.50 bits per heavy atom. The van der Waals surface area contributed by atoms with Gasteiger partial charge >= 0.3 is 0 Å². The highest BCUT2D eigenvalue weighted by atomic mass is 16.2. The van der Waals surface area contributed by atoms with Crippen LogP contribution < -0.4 is 11.1 Å². The zero-order valence-electron chi connectivity index (χ0n) is 7.73. The number of hydrogen-bond donors (Lipinski definition) is 2. The number of amides is 2. The number of pyridine rings is 1. The molecule has 5 nitrogen and oxygen atoms in total. The molecule has 3 N–H and O–H groups in total. The fourth-order valence-corrected chi connectivity index (χ4v) is 0.787. The van der Waals surface area contributed by atoms with Gasteiger partial charge in [0.1, 0.15) is 5.69 Å². The molecule has 0 saturated carbocycles. The summed E-state index contributed by atoms with van der Waals surface area (Å²) in [6.07, 6.45) is 1.48. The highest BCUT2D eigenvalue weighted by Crippen LogP contribution is 1.92. The molecule has 0 saturated heterocycles. The van der Waals surface area contributed by atoms with E-state index < -0.39 is 17.9 Å². The van der Waals surface area contributed by atoms with Crippen molar-refractivity contribution in [2.75, 3.05) is 0 Å². The fourth-order valence-electron chi connectivity index (χ4n) is 0.787. The van der Waals surface area contributed by atoms with Gasteiger partial charge in [-0.15, -0.1) is 0 Å². The van der Waals surface area contributed by atoms with Crippen LogP contribution in [0.3, 0.4) is 0 Å². The first kappa shape index (κ1) is 10.3. The van der Waals surface area contributed by atoms with Gasteiger partial charge in [-0.2, -0.15) is 0 Å². The molecule has 1 aromatic heterocycles. The smallest absolute Gasteiger partial charge is 0.276 e. The Labute approximate surface area is 81.3 Å². The molecule has 1 rings (SSSR count). The van der Waals surface area contributed by atoms with Crippen molar-refractivity contribution in [1.82, 2.24) is 10.3 Å². The SMILES string of the molecule is C[C@H](N)C(=O)NC(=O)c1ccccn1. The Hall–Kier alpha value is -1.75. The van der Waals surface area contributed by atoms with E-state index in [0.717, 1.165) is 0 Å². The summed E-state index contributed by atoms with van der Waals surface area (Å²) < 4.78 is 0. The monoisotopic (exact) mass is 193 g/mol. The summed E-state index contributed by atoms with van der Waals surface area (Å²) in [5.74, 6) is -1.05. The number of nitrogens with two attached hydrogens (primary N) is 1. The average molecular weight is 193 g/mol. The third-order valence-electron chi connectivity index (χ3n) is 1.55. The zero-order chi connectivity index (χ0) is 10.6. The van der Waals surface area contributed by atoms with Crippen molar-refractivity contribution < 1.29 is 9.59 Å². The number of imide groups is 1. The highest BCUT2D eigenvalue weighted by Gasteiger charge is 2.13. The molecule has 0 aliphatic carbocycles. The lowest BCUT2D eigenvalue weighted by molar-refractivity contribution is -0.121. The van der Waals surface area contributed by atoms with Crippen LogP contribution in [0.1, 0.15) is 17.4 Å².